The summed E-state index contributed by atoms with van der Waals surface area (Å²) in [6, 6.07) is 12.0. The number of rotatable bonds is 16. The molecule has 0 fully saturated rings. The molecule has 46 heavy (non-hydrogen) atoms. The van der Waals surface area contributed by atoms with Gasteiger partial charge in [-0.25, -0.2) is 4.79 Å². The lowest BCUT2D eigenvalue weighted by molar-refractivity contribution is -0.386. The highest BCUT2D eigenvalue weighted by Crippen LogP contribution is 2.42. The van der Waals surface area contributed by atoms with Crippen LogP contribution in [0.5, 0.6) is 17.2 Å². The zero-order valence-corrected chi connectivity index (χ0v) is 27.9. The van der Waals surface area contributed by atoms with E-state index in [2.05, 4.69) is 6.92 Å². The van der Waals surface area contributed by atoms with Gasteiger partial charge in [-0.3, -0.25) is 20.2 Å². The summed E-state index contributed by atoms with van der Waals surface area (Å²) in [4.78, 5) is 39.7. The Hall–Kier alpha value is -4.87. The van der Waals surface area contributed by atoms with E-state index in [0.717, 1.165) is 32.1 Å². The van der Waals surface area contributed by atoms with E-state index in [1.54, 1.807) is 37.2 Å². The van der Waals surface area contributed by atoms with Crippen molar-refractivity contribution >= 4 is 28.7 Å². The van der Waals surface area contributed by atoms with Crippen LogP contribution in [0.4, 0.5) is 22.7 Å². The third-order valence-electron chi connectivity index (χ3n) is 7.26. The van der Waals surface area contributed by atoms with Crippen LogP contribution in [0.1, 0.15) is 70.2 Å². The Morgan fingerprint density at radius 2 is 1.35 bits per heavy atom. The Morgan fingerprint density at radius 1 is 0.761 bits per heavy atom. The van der Waals surface area contributed by atoms with Gasteiger partial charge in [0.05, 0.1) is 56.7 Å². The van der Waals surface area contributed by atoms with Gasteiger partial charge in [-0.1, -0.05) is 38.3 Å². The SMILES string of the molecule is CCCCCC[C@H](C)Oc1cc(N(C)C)c(OC(=O)c2ccc(-c3cc(N(C)C)c(OC(C)C)cc3[N+](=O)[O-])cc2)cc1[N+](=O)[O-]. The molecular weight excluding hydrogens is 592 g/mol. The highest BCUT2D eigenvalue weighted by molar-refractivity contribution is 5.93. The zero-order valence-electron chi connectivity index (χ0n) is 27.9. The molecule has 0 saturated carbocycles. The molecule has 12 heteroatoms. The van der Waals surface area contributed by atoms with E-state index in [1.807, 2.05) is 39.8 Å². The van der Waals surface area contributed by atoms with Crippen LogP contribution in [0.25, 0.3) is 11.1 Å². The molecule has 3 rings (SSSR count). The summed E-state index contributed by atoms with van der Waals surface area (Å²) in [7, 11) is 7.10. The Morgan fingerprint density at radius 3 is 1.89 bits per heavy atom. The molecule has 0 bridgehead atoms. The predicted octanol–water partition coefficient (Wildman–Crippen LogP) is 8.05. The molecule has 1 atom stereocenters. The average molecular weight is 637 g/mol. The van der Waals surface area contributed by atoms with Gasteiger partial charge in [0.25, 0.3) is 5.69 Å². The van der Waals surface area contributed by atoms with Gasteiger partial charge in [0.1, 0.15) is 5.75 Å². The molecule has 0 amide bonds. The molecule has 248 valence electrons. The number of hydrogen-bond donors (Lipinski definition) is 0. The number of carbonyl (C=O) groups excluding carboxylic acids is 1. The van der Waals surface area contributed by atoms with Gasteiger partial charge in [-0.15, -0.1) is 0 Å². The third kappa shape index (κ3) is 9.09. The van der Waals surface area contributed by atoms with Crippen LogP contribution in [-0.4, -0.2) is 56.2 Å². The molecule has 0 heterocycles. The molecule has 0 spiro atoms. The van der Waals surface area contributed by atoms with Crippen LogP contribution < -0.4 is 24.0 Å². The lowest BCUT2D eigenvalue weighted by Gasteiger charge is -2.21. The fourth-order valence-corrected chi connectivity index (χ4v) is 4.92. The summed E-state index contributed by atoms with van der Waals surface area (Å²) in [6.45, 7) is 7.70. The molecule has 0 aliphatic carbocycles. The predicted molar refractivity (Wildman–Crippen MR) is 180 cm³/mol. The van der Waals surface area contributed by atoms with E-state index in [9.17, 15) is 25.0 Å². The first-order valence-electron chi connectivity index (χ1n) is 15.4. The van der Waals surface area contributed by atoms with E-state index < -0.39 is 15.8 Å². The van der Waals surface area contributed by atoms with Crippen LogP contribution in [0.2, 0.25) is 0 Å². The molecule has 3 aromatic rings. The van der Waals surface area contributed by atoms with Crippen LogP contribution in [0.15, 0.2) is 48.5 Å². The van der Waals surface area contributed by atoms with Gasteiger partial charge in [-0.2, -0.15) is 0 Å². The summed E-state index contributed by atoms with van der Waals surface area (Å²) in [5.41, 5.74) is 1.67. The normalized spacial score (nSPS) is 11.6. The van der Waals surface area contributed by atoms with Crippen molar-refractivity contribution < 1.29 is 28.9 Å². The maximum Gasteiger partial charge on any atom is 0.343 e. The highest BCUT2D eigenvalue weighted by Gasteiger charge is 2.26. The van der Waals surface area contributed by atoms with E-state index in [4.69, 9.17) is 14.2 Å². The molecule has 0 saturated heterocycles. The smallest absolute Gasteiger partial charge is 0.343 e. The number of carbonyl (C=O) groups is 1. The second-order valence-corrected chi connectivity index (χ2v) is 11.8. The number of esters is 1. The lowest BCUT2D eigenvalue weighted by atomic mass is 10.0. The summed E-state index contributed by atoms with van der Waals surface area (Å²) < 4.78 is 17.5. The number of nitrogens with zero attached hydrogens (tertiary/aromatic N) is 4. The first-order chi connectivity index (χ1) is 21.7. The van der Waals surface area contributed by atoms with Gasteiger partial charge in [0, 0.05) is 34.3 Å². The van der Waals surface area contributed by atoms with E-state index >= 15 is 0 Å². The minimum atomic E-state index is -0.744. The molecule has 0 aromatic heterocycles. The molecular formula is C34H44N4O8. The maximum absolute atomic E-state index is 13.2. The molecule has 0 aliphatic heterocycles. The Balaban J connectivity index is 1.92. The summed E-state index contributed by atoms with van der Waals surface area (Å²) in [5.74, 6) is -0.254. The number of nitro benzene ring substituents is 2. The molecule has 12 nitrogen and oxygen atoms in total. The van der Waals surface area contributed by atoms with Crippen molar-refractivity contribution in [3.05, 3.63) is 74.3 Å². The number of hydrogen-bond acceptors (Lipinski definition) is 10. The number of unbranched alkanes of at least 4 members (excludes halogenated alkanes) is 3. The van der Waals surface area contributed by atoms with E-state index in [1.165, 1.54) is 30.3 Å². The number of nitro groups is 2. The standard InChI is InChI=1S/C34H44N4O8/c1-9-10-11-12-13-23(4)45-33-20-29(36(7)8)32(21-30(33)38(42)43)46-34(39)25-16-14-24(15-17-25)26-18-28(35(5)6)31(44-22(2)3)19-27(26)37(40)41/h14-23H,9-13H2,1-8H3/t23-/m0/s1. The molecule has 0 radical (unpaired) electrons. The molecule has 0 unspecified atom stereocenters. The topological polar surface area (TPSA) is 138 Å². The minimum Gasteiger partial charge on any atom is -0.489 e. The Kier molecular flexibility index (Phi) is 12.3. The first kappa shape index (κ1) is 35.6. The second kappa shape index (κ2) is 15.9. The number of ether oxygens (including phenoxy) is 3. The van der Waals surface area contributed by atoms with Crippen molar-refractivity contribution in [2.75, 3.05) is 38.0 Å². The van der Waals surface area contributed by atoms with Crippen molar-refractivity contribution in [2.45, 2.75) is 72.0 Å². The van der Waals surface area contributed by atoms with Crippen LogP contribution in [-0.2, 0) is 0 Å². The first-order valence-corrected chi connectivity index (χ1v) is 15.4. The van der Waals surface area contributed by atoms with Gasteiger partial charge >= 0.3 is 11.7 Å². The van der Waals surface area contributed by atoms with Crippen molar-refractivity contribution in [3.8, 4) is 28.4 Å². The zero-order chi connectivity index (χ0) is 34.1. The van der Waals surface area contributed by atoms with Gasteiger partial charge < -0.3 is 24.0 Å². The minimum absolute atomic E-state index is 0.000675. The Bertz CT molecular complexity index is 1540. The number of anilines is 2. The van der Waals surface area contributed by atoms with Crippen LogP contribution in [0.3, 0.4) is 0 Å². The fraction of sp³-hybridized carbons (Fsp3) is 0.441. The quantitative estimate of drug-likeness (QED) is 0.0499. The summed E-state index contributed by atoms with van der Waals surface area (Å²) in [5, 5.41) is 24.0. The van der Waals surface area contributed by atoms with Crippen molar-refractivity contribution in [1.82, 2.24) is 0 Å². The monoisotopic (exact) mass is 636 g/mol. The van der Waals surface area contributed by atoms with Gasteiger partial charge in [0.15, 0.2) is 11.5 Å². The van der Waals surface area contributed by atoms with Crippen molar-refractivity contribution in [1.29, 1.82) is 0 Å². The molecule has 3 aromatic carbocycles. The van der Waals surface area contributed by atoms with Crippen molar-refractivity contribution in [3.63, 3.8) is 0 Å². The molecule has 0 aliphatic rings. The second-order valence-electron chi connectivity index (χ2n) is 11.8. The Labute approximate surface area is 270 Å². The van der Waals surface area contributed by atoms with E-state index in [-0.39, 0.29) is 40.6 Å². The highest BCUT2D eigenvalue weighted by atomic mass is 16.6. The lowest BCUT2D eigenvalue weighted by Crippen LogP contribution is -2.17. The van der Waals surface area contributed by atoms with Crippen molar-refractivity contribution in [2.24, 2.45) is 0 Å². The van der Waals surface area contributed by atoms with Crippen LogP contribution >= 0.6 is 0 Å². The average Bonchev–Trinajstić information content (AvgIpc) is 2.99. The largest absolute Gasteiger partial charge is 0.489 e. The van der Waals surface area contributed by atoms with Gasteiger partial charge in [0.2, 0.25) is 0 Å². The van der Waals surface area contributed by atoms with E-state index in [0.29, 0.717) is 28.3 Å². The maximum atomic E-state index is 13.2. The van der Waals surface area contributed by atoms with Gasteiger partial charge in [-0.05, 0) is 57.4 Å². The van der Waals surface area contributed by atoms with Crippen LogP contribution in [0, 0.1) is 20.2 Å². The summed E-state index contributed by atoms with van der Waals surface area (Å²) in [6.07, 6.45) is 4.60. The number of benzene rings is 3. The third-order valence-corrected chi connectivity index (χ3v) is 7.26. The molecule has 0 N–H and O–H groups in total. The summed E-state index contributed by atoms with van der Waals surface area (Å²) >= 11 is 0. The fourth-order valence-electron chi connectivity index (χ4n) is 4.92.